The fraction of sp³-hybridized carbons (Fsp3) is 0.571. The molecule has 1 saturated carbocycles. The van der Waals surface area contributed by atoms with E-state index in [2.05, 4.69) is 0 Å². The van der Waals surface area contributed by atoms with Crippen molar-refractivity contribution in [3.05, 3.63) is 35.4 Å². The molecule has 2 rings (SSSR count). The molecule has 0 bridgehead atoms. The Labute approximate surface area is 106 Å². The second kappa shape index (κ2) is 5.76. The van der Waals surface area contributed by atoms with E-state index < -0.39 is 11.6 Å². The molecule has 4 heteroatoms. The van der Waals surface area contributed by atoms with Crippen LogP contribution in [0.1, 0.15) is 25.3 Å². The SMILES string of the molecule is CCOC(C(N)Cc1ccc(F)c(F)c1)C1CC1. The molecule has 1 aliphatic rings. The molecular formula is C14H19F2NO. The lowest BCUT2D eigenvalue weighted by molar-refractivity contribution is 0.0288. The predicted molar refractivity (Wildman–Crippen MR) is 66.2 cm³/mol. The van der Waals surface area contributed by atoms with Gasteiger partial charge in [-0.2, -0.15) is 0 Å². The van der Waals surface area contributed by atoms with Crippen LogP contribution in [0.15, 0.2) is 18.2 Å². The lowest BCUT2D eigenvalue weighted by Gasteiger charge is -2.23. The highest BCUT2D eigenvalue weighted by Gasteiger charge is 2.35. The Morgan fingerprint density at radius 1 is 1.33 bits per heavy atom. The maximum atomic E-state index is 13.1. The third kappa shape index (κ3) is 3.27. The Kier molecular flexibility index (Phi) is 4.30. The summed E-state index contributed by atoms with van der Waals surface area (Å²) >= 11 is 0. The Bertz CT molecular complexity index is 407. The van der Waals surface area contributed by atoms with Gasteiger partial charge in [0.05, 0.1) is 6.10 Å². The van der Waals surface area contributed by atoms with Crippen LogP contribution < -0.4 is 5.73 Å². The highest BCUT2D eigenvalue weighted by molar-refractivity contribution is 5.19. The Balaban J connectivity index is 2.00. The van der Waals surface area contributed by atoms with E-state index >= 15 is 0 Å². The summed E-state index contributed by atoms with van der Waals surface area (Å²) in [5.74, 6) is -1.11. The van der Waals surface area contributed by atoms with Crippen molar-refractivity contribution in [1.82, 2.24) is 0 Å². The number of benzene rings is 1. The van der Waals surface area contributed by atoms with Crippen molar-refractivity contribution in [3.63, 3.8) is 0 Å². The molecule has 1 aromatic carbocycles. The van der Waals surface area contributed by atoms with Crippen LogP contribution in [0, 0.1) is 17.6 Å². The molecule has 1 aliphatic carbocycles. The zero-order chi connectivity index (χ0) is 13.1. The zero-order valence-electron chi connectivity index (χ0n) is 10.5. The Hall–Kier alpha value is -1.00. The average molecular weight is 255 g/mol. The Morgan fingerprint density at radius 2 is 2.06 bits per heavy atom. The minimum absolute atomic E-state index is 0.0307. The van der Waals surface area contributed by atoms with Crippen molar-refractivity contribution >= 4 is 0 Å². The van der Waals surface area contributed by atoms with Crippen molar-refractivity contribution < 1.29 is 13.5 Å². The third-order valence-electron chi connectivity index (χ3n) is 3.32. The molecule has 0 heterocycles. The summed E-state index contributed by atoms with van der Waals surface area (Å²) in [7, 11) is 0. The van der Waals surface area contributed by atoms with E-state index in [0.29, 0.717) is 24.5 Å². The first-order valence-corrected chi connectivity index (χ1v) is 6.43. The molecule has 0 aromatic heterocycles. The molecule has 0 amide bonds. The van der Waals surface area contributed by atoms with E-state index in [1.54, 1.807) is 6.07 Å². The van der Waals surface area contributed by atoms with Gasteiger partial charge in [0.2, 0.25) is 0 Å². The first kappa shape index (κ1) is 13.4. The molecule has 0 aliphatic heterocycles. The van der Waals surface area contributed by atoms with Gasteiger partial charge in [-0.1, -0.05) is 6.07 Å². The van der Waals surface area contributed by atoms with Crippen LogP contribution >= 0.6 is 0 Å². The first-order chi connectivity index (χ1) is 8.61. The second-order valence-corrected chi connectivity index (χ2v) is 4.87. The van der Waals surface area contributed by atoms with Crippen LogP contribution in [-0.4, -0.2) is 18.8 Å². The largest absolute Gasteiger partial charge is 0.377 e. The smallest absolute Gasteiger partial charge is 0.159 e. The van der Waals surface area contributed by atoms with Gasteiger partial charge in [0.1, 0.15) is 0 Å². The van der Waals surface area contributed by atoms with Gasteiger partial charge < -0.3 is 10.5 Å². The zero-order valence-corrected chi connectivity index (χ0v) is 10.5. The number of hydrogen-bond donors (Lipinski definition) is 1. The average Bonchev–Trinajstić information content (AvgIpc) is 3.15. The molecule has 0 saturated heterocycles. The summed E-state index contributed by atoms with van der Waals surface area (Å²) in [6.45, 7) is 2.58. The number of ether oxygens (including phenoxy) is 1. The molecule has 1 aromatic rings. The molecule has 0 spiro atoms. The number of nitrogens with two attached hydrogens (primary N) is 1. The summed E-state index contributed by atoms with van der Waals surface area (Å²) in [6, 6.07) is 3.77. The summed E-state index contributed by atoms with van der Waals surface area (Å²) in [6.07, 6.45) is 2.84. The monoisotopic (exact) mass is 255 g/mol. The molecule has 2 N–H and O–H groups in total. The maximum Gasteiger partial charge on any atom is 0.159 e. The van der Waals surface area contributed by atoms with Crippen LogP contribution in [0.3, 0.4) is 0 Å². The van der Waals surface area contributed by atoms with E-state index in [9.17, 15) is 8.78 Å². The molecule has 2 atom stereocenters. The van der Waals surface area contributed by atoms with E-state index in [1.165, 1.54) is 6.07 Å². The molecule has 1 fully saturated rings. The minimum atomic E-state index is -0.823. The maximum absolute atomic E-state index is 13.1. The van der Waals surface area contributed by atoms with Gasteiger partial charge >= 0.3 is 0 Å². The highest BCUT2D eigenvalue weighted by atomic mass is 19.2. The van der Waals surface area contributed by atoms with Gasteiger partial charge in [-0.3, -0.25) is 0 Å². The standard InChI is InChI=1S/C14H19F2NO/c1-2-18-14(10-4-5-10)13(17)8-9-3-6-11(15)12(16)7-9/h3,6-7,10,13-14H,2,4-5,8,17H2,1H3. The normalized spacial score (nSPS) is 18.7. The number of hydrogen-bond acceptors (Lipinski definition) is 2. The van der Waals surface area contributed by atoms with Crippen molar-refractivity contribution in [2.45, 2.75) is 38.3 Å². The number of halogens is 2. The van der Waals surface area contributed by atoms with Crippen LogP contribution in [-0.2, 0) is 11.2 Å². The van der Waals surface area contributed by atoms with Gasteiger partial charge in [-0.25, -0.2) is 8.78 Å². The minimum Gasteiger partial charge on any atom is -0.377 e. The molecular weight excluding hydrogens is 236 g/mol. The Morgan fingerprint density at radius 3 is 2.61 bits per heavy atom. The van der Waals surface area contributed by atoms with Crippen molar-refractivity contribution in [3.8, 4) is 0 Å². The van der Waals surface area contributed by atoms with Crippen LogP contribution in [0.25, 0.3) is 0 Å². The molecule has 18 heavy (non-hydrogen) atoms. The van der Waals surface area contributed by atoms with Crippen LogP contribution in [0.5, 0.6) is 0 Å². The van der Waals surface area contributed by atoms with Gasteiger partial charge in [-0.15, -0.1) is 0 Å². The summed E-state index contributed by atoms with van der Waals surface area (Å²) in [5, 5.41) is 0. The predicted octanol–water partition coefficient (Wildman–Crippen LogP) is 2.65. The second-order valence-electron chi connectivity index (χ2n) is 4.87. The van der Waals surface area contributed by atoms with E-state index in [-0.39, 0.29) is 12.1 Å². The summed E-state index contributed by atoms with van der Waals surface area (Å²) < 4.78 is 31.6. The fourth-order valence-corrected chi connectivity index (χ4v) is 2.28. The number of rotatable bonds is 6. The fourth-order valence-electron chi connectivity index (χ4n) is 2.28. The van der Waals surface area contributed by atoms with E-state index in [4.69, 9.17) is 10.5 Å². The summed E-state index contributed by atoms with van der Waals surface area (Å²) in [5.41, 5.74) is 6.84. The molecule has 2 unspecified atom stereocenters. The highest BCUT2D eigenvalue weighted by Crippen LogP contribution is 2.36. The van der Waals surface area contributed by atoms with Gasteiger partial charge in [0, 0.05) is 12.6 Å². The molecule has 2 nitrogen and oxygen atoms in total. The van der Waals surface area contributed by atoms with E-state index in [0.717, 1.165) is 18.9 Å². The topological polar surface area (TPSA) is 35.2 Å². The lowest BCUT2D eigenvalue weighted by Crippen LogP contribution is -2.40. The van der Waals surface area contributed by atoms with Crippen molar-refractivity contribution in [1.29, 1.82) is 0 Å². The van der Waals surface area contributed by atoms with Crippen LogP contribution in [0.2, 0.25) is 0 Å². The third-order valence-corrected chi connectivity index (χ3v) is 3.32. The first-order valence-electron chi connectivity index (χ1n) is 6.43. The lowest BCUT2D eigenvalue weighted by atomic mass is 9.99. The van der Waals surface area contributed by atoms with Gasteiger partial charge in [0.25, 0.3) is 0 Å². The van der Waals surface area contributed by atoms with Gasteiger partial charge in [0.15, 0.2) is 11.6 Å². The quantitative estimate of drug-likeness (QED) is 0.848. The molecule has 0 radical (unpaired) electrons. The summed E-state index contributed by atoms with van der Waals surface area (Å²) in [4.78, 5) is 0. The van der Waals surface area contributed by atoms with Crippen molar-refractivity contribution in [2.75, 3.05) is 6.61 Å². The van der Waals surface area contributed by atoms with Gasteiger partial charge in [-0.05, 0) is 49.8 Å². The van der Waals surface area contributed by atoms with Crippen molar-refractivity contribution in [2.24, 2.45) is 11.7 Å². The molecule has 100 valence electrons. The van der Waals surface area contributed by atoms with Crippen LogP contribution in [0.4, 0.5) is 8.78 Å². The van der Waals surface area contributed by atoms with E-state index in [1.807, 2.05) is 6.92 Å².